The number of thioether (sulfide) groups is 1. The summed E-state index contributed by atoms with van der Waals surface area (Å²) >= 11 is 1.04. The van der Waals surface area contributed by atoms with Gasteiger partial charge in [-0.1, -0.05) is 29.5 Å². The molecule has 0 aliphatic carbocycles. The van der Waals surface area contributed by atoms with E-state index in [-0.39, 0.29) is 16.9 Å². The molecule has 1 aromatic carbocycles. The number of rotatable bonds is 3. The van der Waals surface area contributed by atoms with Crippen LogP contribution < -0.4 is 10.2 Å². The summed E-state index contributed by atoms with van der Waals surface area (Å²) in [6.45, 7) is 3.24. The summed E-state index contributed by atoms with van der Waals surface area (Å²) in [4.78, 5) is 39.5. The number of aryl methyl sites for hydroxylation is 2. The quantitative estimate of drug-likeness (QED) is 0.724. The Morgan fingerprint density at radius 1 is 1.16 bits per heavy atom. The van der Waals surface area contributed by atoms with Crippen molar-refractivity contribution in [3.63, 3.8) is 0 Å². The van der Waals surface area contributed by atoms with Crippen LogP contribution in [0.4, 0.5) is 29.3 Å². The molecule has 10 heteroatoms. The lowest BCUT2D eigenvalue weighted by molar-refractivity contribution is -0.168. The number of ketones is 1. The van der Waals surface area contributed by atoms with Gasteiger partial charge < -0.3 is 10.2 Å². The van der Waals surface area contributed by atoms with Crippen molar-refractivity contribution < 1.29 is 27.6 Å². The molecule has 0 unspecified atom stereocenters. The maximum absolute atomic E-state index is 12.5. The highest BCUT2D eigenvalue weighted by Crippen LogP contribution is 2.30. The Kier molecular flexibility index (Phi) is 8.61. The van der Waals surface area contributed by atoms with Gasteiger partial charge in [0.1, 0.15) is 0 Å². The Labute approximate surface area is 182 Å². The van der Waals surface area contributed by atoms with E-state index in [0.29, 0.717) is 19.2 Å². The first-order valence-electron chi connectivity index (χ1n) is 9.39. The molecule has 2 aromatic rings. The molecule has 1 aromatic heterocycles. The number of amides is 2. The van der Waals surface area contributed by atoms with Gasteiger partial charge in [0.15, 0.2) is 0 Å². The van der Waals surface area contributed by atoms with Crippen LogP contribution in [0, 0.1) is 6.92 Å². The fourth-order valence-corrected chi connectivity index (χ4v) is 3.43. The predicted octanol–water partition coefficient (Wildman–Crippen LogP) is 4.77. The topological polar surface area (TPSA) is 79.4 Å². The van der Waals surface area contributed by atoms with Crippen molar-refractivity contribution >= 4 is 40.1 Å². The van der Waals surface area contributed by atoms with Crippen LogP contribution in [0.3, 0.4) is 0 Å². The lowest BCUT2D eigenvalue weighted by Gasteiger charge is -2.29. The zero-order valence-electron chi connectivity index (χ0n) is 17.0. The molecule has 31 heavy (non-hydrogen) atoms. The smallest absolute Gasteiger partial charge is 0.325 e. The Balaban J connectivity index is 0.000000423. The zero-order valence-corrected chi connectivity index (χ0v) is 17.8. The molecule has 1 aliphatic heterocycles. The van der Waals surface area contributed by atoms with E-state index in [1.165, 1.54) is 11.1 Å². The van der Waals surface area contributed by atoms with Crippen LogP contribution in [-0.2, 0) is 16.0 Å². The predicted molar refractivity (Wildman–Crippen MR) is 114 cm³/mol. The number of nitrogens with one attached hydrogen (secondary N) is 1. The van der Waals surface area contributed by atoms with E-state index in [9.17, 15) is 27.6 Å². The van der Waals surface area contributed by atoms with E-state index >= 15 is 0 Å². The van der Waals surface area contributed by atoms with Gasteiger partial charge in [-0.05, 0) is 43.5 Å². The second kappa shape index (κ2) is 10.9. The van der Waals surface area contributed by atoms with Crippen molar-refractivity contribution in [3.8, 4) is 0 Å². The summed E-state index contributed by atoms with van der Waals surface area (Å²) < 4.78 is 32.5. The first-order valence-corrected chi connectivity index (χ1v) is 10.4. The number of carbonyl (C=O) groups is 3. The van der Waals surface area contributed by atoms with E-state index in [4.69, 9.17) is 0 Å². The number of Topliss-reactive ketones (excluding diaryl/α,β-unsaturated/α-hetero) is 1. The molecule has 1 N–H and O–H groups in total. The van der Waals surface area contributed by atoms with Crippen LogP contribution in [0.1, 0.15) is 24.5 Å². The number of pyridine rings is 1. The fraction of sp³-hybridized carbons (Fsp3) is 0.333. The number of hydrogen-bond acceptors (Lipinski definition) is 5. The van der Waals surface area contributed by atoms with Crippen molar-refractivity contribution in [1.29, 1.82) is 0 Å². The Morgan fingerprint density at radius 3 is 2.42 bits per heavy atom. The van der Waals surface area contributed by atoms with Gasteiger partial charge in [-0.2, -0.15) is 13.2 Å². The van der Waals surface area contributed by atoms with Gasteiger partial charge in [0, 0.05) is 37.2 Å². The van der Waals surface area contributed by atoms with Gasteiger partial charge in [-0.15, -0.1) is 0 Å². The third-order valence-corrected chi connectivity index (χ3v) is 5.14. The van der Waals surface area contributed by atoms with Gasteiger partial charge in [-0.3, -0.25) is 19.4 Å². The summed E-state index contributed by atoms with van der Waals surface area (Å²) in [6.07, 6.45) is 0.529. The lowest BCUT2D eigenvalue weighted by Crippen LogP contribution is -2.33. The van der Waals surface area contributed by atoms with Gasteiger partial charge in [0.2, 0.25) is 11.7 Å². The molecule has 1 aliphatic rings. The number of nitrogens with zero attached hydrogens (tertiary/aromatic N) is 2. The minimum atomic E-state index is -4.64. The van der Waals surface area contributed by atoms with Crippen LogP contribution in [-0.4, -0.2) is 40.4 Å². The molecular weight excluding hydrogens is 431 g/mol. The van der Waals surface area contributed by atoms with Gasteiger partial charge in [-0.25, -0.2) is 0 Å². The van der Waals surface area contributed by atoms with E-state index in [1.54, 1.807) is 29.4 Å². The van der Waals surface area contributed by atoms with E-state index in [1.807, 2.05) is 12.1 Å². The van der Waals surface area contributed by atoms with E-state index < -0.39 is 12.0 Å². The van der Waals surface area contributed by atoms with Crippen molar-refractivity contribution in [2.24, 2.45) is 0 Å². The number of hydrogen-bond donors (Lipinski definition) is 1. The van der Waals surface area contributed by atoms with E-state index in [0.717, 1.165) is 30.3 Å². The van der Waals surface area contributed by atoms with Crippen LogP contribution in [0.5, 0.6) is 0 Å². The summed E-state index contributed by atoms with van der Waals surface area (Å²) in [7, 11) is 0. The Morgan fingerprint density at radius 2 is 1.81 bits per heavy atom. The average molecular weight is 453 g/mol. The Hall–Kier alpha value is -2.88. The molecule has 0 fully saturated rings. The number of alkyl halides is 3. The fourth-order valence-electron chi connectivity index (χ4n) is 2.75. The van der Waals surface area contributed by atoms with Crippen molar-refractivity contribution in [1.82, 2.24) is 4.98 Å². The third-order valence-electron chi connectivity index (χ3n) is 4.26. The zero-order chi connectivity index (χ0) is 23.0. The summed E-state index contributed by atoms with van der Waals surface area (Å²) in [5, 5.41) is 2.68. The van der Waals surface area contributed by atoms with Crippen LogP contribution in [0.2, 0.25) is 0 Å². The van der Waals surface area contributed by atoms with Crippen LogP contribution in [0.15, 0.2) is 42.7 Å². The molecule has 0 atom stereocenters. The minimum absolute atomic E-state index is 0.0790. The normalized spacial score (nSPS) is 12.9. The summed E-state index contributed by atoms with van der Waals surface area (Å²) in [5.41, 5.74) is 4.06. The molecule has 3 rings (SSSR count). The van der Waals surface area contributed by atoms with Crippen LogP contribution >= 0.6 is 11.8 Å². The molecule has 2 heterocycles. The highest BCUT2D eigenvalue weighted by Gasteiger charge is 2.33. The number of aromatic nitrogens is 1. The SMILES string of the molecule is CC(=O)C(F)(F)F.Cc1ccc2c(c1)CCCN2C(=O)SCC(=O)Nc1ccncc1. The molecular formula is C21H22F3N3O3S. The first-order chi connectivity index (χ1) is 14.6. The van der Waals surface area contributed by atoms with Crippen molar-refractivity contribution in [2.75, 3.05) is 22.5 Å². The molecule has 2 amide bonds. The number of carbonyl (C=O) groups excluding carboxylic acids is 3. The van der Waals surface area contributed by atoms with Crippen molar-refractivity contribution in [2.45, 2.75) is 32.9 Å². The maximum Gasteiger partial charge on any atom is 0.449 e. The molecule has 0 radical (unpaired) electrons. The summed E-state index contributed by atoms with van der Waals surface area (Å²) in [6, 6.07) is 9.58. The molecule has 0 saturated heterocycles. The second-order valence-electron chi connectivity index (χ2n) is 6.78. The molecule has 0 bridgehead atoms. The number of benzene rings is 1. The molecule has 0 saturated carbocycles. The maximum atomic E-state index is 12.5. The highest BCUT2D eigenvalue weighted by molar-refractivity contribution is 8.14. The first kappa shape index (κ1) is 24.4. The molecule has 0 spiro atoms. The minimum Gasteiger partial charge on any atom is -0.325 e. The Bertz CT molecular complexity index is 936. The standard InChI is InChI=1S/C18H19N3O2S.C3H3F3O/c1-13-4-5-16-14(11-13)3-2-10-21(16)18(23)24-12-17(22)20-15-6-8-19-9-7-15;1-2(7)3(4,5)6/h4-9,11H,2-3,10,12H2,1H3,(H,19,20,22);1H3. The summed E-state index contributed by atoms with van der Waals surface area (Å²) in [5.74, 6) is -1.85. The monoisotopic (exact) mass is 453 g/mol. The number of halogens is 3. The van der Waals surface area contributed by atoms with Gasteiger partial charge in [0.25, 0.3) is 5.24 Å². The third kappa shape index (κ3) is 7.71. The molecule has 166 valence electrons. The largest absolute Gasteiger partial charge is 0.449 e. The van der Waals surface area contributed by atoms with Crippen LogP contribution in [0.25, 0.3) is 0 Å². The number of anilines is 2. The average Bonchev–Trinajstić information content (AvgIpc) is 2.72. The highest BCUT2D eigenvalue weighted by atomic mass is 32.2. The molecule has 6 nitrogen and oxygen atoms in total. The lowest BCUT2D eigenvalue weighted by atomic mass is 10.0. The van der Waals surface area contributed by atoms with E-state index in [2.05, 4.69) is 23.3 Å². The number of fused-ring (bicyclic) bond motifs is 1. The van der Waals surface area contributed by atoms with Crippen molar-refractivity contribution in [3.05, 3.63) is 53.9 Å². The van der Waals surface area contributed by atoms with Gasteiger partial charge in [0.05, 0.1) is 5.75 Å². The second-order valence-corrected chi connectivity index (χ2v) is 7.71. The van der Waals surface area contributed by atoms with Gasteiger partial charge >= 0.3 is 6.18 Å².